The van der Waals surface area contributed by atoms with E-state index in [9.17, 15) is 9.59 Å². The number of ether oxygens (including phenoxy) is 2. The summed E-state index contributed by atoms with van der Waals surface area (Å²) in [4.78, 5) is 22.7. The van der Waals surface area contributed by atoms with Crippen LogP contribution in [0.5, 0.6) is 11.5 Å². The maximum Gasteiger partial charge on any atom is 0.258 e. The Kier molecular flexibility index (Phi) is 6.00. The van der Waals surface area contributed by atoms with Crippen molar-refractivity contribution in [3.05, 3.63) is 58.6 Å². The van der Waals surface area contributed by atoms with Crippen LogP contribution in [0.25, 0.3) is 0 Å². The average molecular weight is 334 g/mol. The van der Waals surface area contributed by atoms with Crippen molar-refractivity contribution in [2.45, 2.75) is 6.54 Å². The minimum Gasteiger partial charge on any atom is -0.497 e. The summed E-state index contributed by atoms with van der Waals surface area (Å²) in [6, 6.07) is 12.0. The Morgan fingerprint density at radius 2 is 1.96 bits per heavy atom. The van der Waals surface area contributed by atoms with E-state index in [-0.39, 0.29) is 12.5 Å². The summed E-state index contributed by atoms with van der Waals surface area (Å²) in [7, 11) is 1.60. The molecule has 1 N–H and O–H groups in total. The normalized spacial score (nSPS) is 10.0. The maximum absolute atomic E-state index is 11.8. The van der Waals surface area contributed by atoms with E-state index in [0.717, 1.165) is 11.3 Å². The predicted octanol–water partition coefficient (Wildman–Crippen LogP) is 2.86. The van der Waals surface area contributed by atoms with Gasteiger partial charge >= 0.3 is 0 Å². The lowest BCUT2D eigenvalue weighted by molar-refractivity contribution is -0.123. The Morgan fingerprint density at radius 1 is 1.22 bits per heavy atom. The summed E-state index contributed by atoms with van der Waals surface area (Å²) in [5, 5.41) is 3.17. The van der Waals surface area contributed by atoms with E-state index in [0.29, 0.717) is 29.2 Å². The van der Waals surface area contributed by atoms with Gasteiger partial charge in [0.25, 0.3) is 5.91 Å². The monoisotopic (exact) mass is 333 g/mol. The van der Waals surface area contributed by atoms with Gasteiger partial charge in [0.15, 0.2) is 12.9 Å². The van der Waals surface area contributed by atoms with Gasteiger partial charge in [-0.05, 0) is 35.9 Å². The molecule has 0 atom stereocenters. The predicted molar refractivity (Wildman–Crippen MR) is 87.2 cm³/mol. The standard InChI is InChI=1S/C17H16ClNO4/c1-22-15-5-2-12(3-6-15)9-19-17(21)11-23-16-7-4-14(18)8-13(16)10-20/h2-8,10H,9,11H2,1H3,(H,19,21). The maximum atomic E-state index is 11.8. The second kappa shape index (κ2) is 8.19. The van der Waals surface area contributed by atoms with Gasteiger partial charge in [0.05, 0.1) is 12.7 Å². The molecule has 0 aliphatic heterocycles. The smallest absolute Gasteiger partial charge is 0.258 e. The molecule has 0 fully saturated rings. The van der Waals surface area contributed by atoms with Crippen LogP contribution in [0, 0.1) is 0 Å². The Labute approximate surface area is 139 Å². The van der Waals surface area contributed by atoms with Crippen molar-refractivity contribution < 1.29 is 19.1 Å². The van der Waals surface area contributed by atoms with Gasteiger partial charge in [0.1, 0.15) is 11.5 Å². The van der Waals surface area contributed by atoms with Crippen LogP contribution in [0.1, 0.15) is 15.9 Å². The molecule has 0 unspecified atom stereocenters. The topological polar surface area (TPSA) is 64.6 Å². The highest BCUT2D eigenvalue weighted by atomic mass is 35.5. The zero-order valence-corrected chi connectivity index (χ0v) is 13.3. The molecule has 0 spiro atoms. The largest absolute Gasteiger partial charge is 0.497 e. The first-order valence-electron chi connectivity index (χ1n) is 6.89. The molecule has 2 rings (SSSR count). The van der Waals surface area contributed by atoms with Crippen molar-refractivity contribution >= 4 is 23.8 Å². The molecule has 5 nitrogen and oxygen atoms in total. The van der Waals surface area contributed by atoms with E-state index in [4.69, 9.17) is 21.1 Å². The summed E-state index contributed by atoms with van der Waals surface area (Å²) >= 11 is 5.79. The summed E-state index contributed by atoms with van der Waals surface area (Å²) in [5.41, 5.74) is 1.25. The number of rotatable bonds is 7. The molecule has 0 aromatic heterocycles. The number of benzene rings is 2. The second-order valence-electron chi connectivity index (χ2n) is 4.71. The number of amides is 1. The van der Waals surface area contributed by atoms with Gasteiger partial charge in [-0.2, -0.15) is 0 Å². The summed E-state index contributed by atoms with van der Waals surface area (Å²) in [6.07, 6.45) is 0.635. The fraction of sp³-hybridized carbons (Fsp3) is 0.176. The SMILES string of the molecule is COc1ccc(CNC(=O)COc2ccc(Cl)cc2C=O)cc1. The van der Waals surface area contributed by atoms with E-state index in [1.54, 1.807) is 19.2 Å². The van der Waals surface area contributed by atoms with Gasteiger partial charge in [-0.1, -0.05) is 23.7 Å². The van der Waals surface area contributed by atoms with Crippen LogP contribution in [0.15, 0.2) is 42.5 Å². The van der Waals surface area contributed by atoms with Gasteiger partial charge in [0.2, 0.25) is 0 Å². The van der Waals surface area contributed by atoms with E-state index >= 15 is 0 Å². The quantitative estimate of drug-likeness (QED) is 0.791. The summed E-state index contributed by atoms with van der Waals surface area (Å²) < 4.78 is 10.4. The molecule has 0 aliphatic carbocycles. The second-order valence-corrected chi connectivity index (χ2v) is 5.15. The minimum absolute atomic E-state index is 0.182. The summed E-state index contributed by atoms with van der Waals surface area (Å²) in [5.74, 6) is 0.796. The molecule has 0 heterocycles. The van der Waals surface area contributed by atoms with Crippen LogP contribution in [-0.2, 0) is 11.3 Å². The third-order valence-electron chi connectivity index (χ3n) is 3.11. The zero-order chi connectivity index (χ0) is 16.7. The summed E-state index contributed by atoms with van der Waals surface area (Å²) in [6.45, 7) is 0.200. The van der Waals surface area contributed by atoms with Gasteiger partial charge in [-0.25, -0.2) is 0 Å². The number of halogens is 1. The molecule has 0 aliphatic rings. The Hall–Kier alpha value is -2.53. The molecule has 1 amide bonds. The number of nitrogens with one attached hydrogen (secondary N) is 1. The van der Waals surface area contributed by atoms with Crippen molar-refractivity contribution in [1.29, 1.82) is 0 Å². The lowest BCUT2D eigenvalue weighted by Gasteiger charge is -2.09. The number of aldehydes is 1. The minimum atomic E-state index is -0.285. The van der Waals surface area contributed by atoms with Crippen molar-refractivity contribution in [2.24, 2.45) is 0 Å². The van der Waals surface area contributed by atoms with E-state index in [1.165, 1.54) is 6.07 Å². The van der Waals surface area contributed by atoms with Crippen LogP contribution in [0.3, 0.4) is 0 Å². The molecule has 0 saturated heterocycles. The molecule has 23 heavy (non-hydrogen) atoms. The number of methoxy groups -OCH3 is 1. The van der Waals surface area contributed by atoms with E-state index < -0.39 is 0 Å². The fourth-order valence-corrected chi connectivity index (χ4v) is 2.06. The van der Waals surface area contributed by atoms with Gasteiger partial charge in [-0.15, -0.1) is 0 Å². The first kappa shape index (κ1) is 16.8. The third kappa shape index (κ3) is 5.00. The molecular formula is C17H16ClNO4. The van der Waals surface area contributed by atoms with Crippen molar-refractivity contribution in [1.82, 2.24) is 5.32 Å². The molecule has 0 saturated carbocycles. The Balaban J connectivity index is 1.84. The highest BCUT2D eigenvalue weighted by Gasteiger charge is 2.07. The molecule has 6 heteroatoms. The Morgan fingerprint density at radius 3 is 2.61 bits per heavy atom. The van der Waals surface area contributed by atoms with E-state index in [1.807, 2.05) is 24.3 Å². The van der Waals surface area contributed by atoms with Crippen molar-refractivity contribution in [2.75, 3.05) is 13.7 Å². The molecule has 2 aromatic carbocycles. The average Bonchev–Trinajstić information content (AvgIpc) is 2.59. The van der Waals surface area contributed by atoms with Crippen LogP contribution >= 0.6 is 11.6 Å². The van der Waals surface area contributed by atoms with Crippen LogP contribution in [-0.4, -0.2) is 25.9 Å². The lowest BCUT2D eigenvalue weighted by atomic mass is 10.2. The van der Waals surface area contributed by atoms with Crippen LogP contribution in [0.2, 0.25) is 5.02 Å². The van der Waals surface area contributed by atoms with Crippen LogP contribution in [0.4, 0.5) is 0 Å². The number of carbonyl (C=O) groups is 2. The number of carbonyl (C=O) groups excluding carboxylic acids is 2. The van der Waals surface area contributed by atoms with Gasteiger partial charge < -0.3 is 14.8 Å². The highest BCUT2D eigenvalue weighted by Crippen LogP contribution is 2.21. The molecule has 0 radical (unpaired) electrons. The van der Waals surface area contributed by atoms with Gasteiger partial charge in [0, 0.05) is 11.6 Å². The Bertz CT molecular complexity index is 685. The van der Waals surface area contributed by atoms with E-state index in [2.05, 4.69) is 5.32 Å². The first-order chi connectivity index (χ1) is 11.1. The number of hydrogen-bond acceptors (Lipinski definition) is 4. The number of hydrogen-bond donors (Lipinski definition) is 1. The molecule has 120 valence electrons. The molecule has 2 aromatic rings. The van der Waals surface area contributed by atoms with Crippen molar-refractivity contribution in [3.63, 3.8) is 0 Å². The lowest BCUT2D eigenvalue weighted by Crippen LogP contribution is -2.28. The van der Waals surface area contributed by atoms with Crippen molar-refractivity contribution in [3.8, 4) is 11.5 Å². The third-order valence-corrected chi connectivity index (χ3v) is 3.34. The fourth-order valence-electron chi connectivity index (χ4n) is 1.88. The zero-order valence-electron chi connectivity index (χ0n) is 12.5. The molecule has 0 bridgehead atoms. The van der Waals surface area contributed by atoms with Gasteiger partial charge in [-0.3, -0.25) is 9.59 Å². The molecular weight excluding hydrogens is 318 g/mol. The van der Waals surface area contributed by atoms with Crippen LogP contribution < -0.4 is 14.8 Å². The highest BCUT2D eigenvalue weighted by molar-refractivity contribution is 6.30. The first-order valence-corrected chi connectivity index (χ1v) is 7.27.